The Morgan fingerprint density at radius 1 is 1.08 bits per heavy atom. The van der Waals surface area contributed by atoms with Gasteiger partial charge in [-0.15, -0.1) is 0 Å². The zero-order chi connectivity index (χ0) is 25.7. The van der Waals surface area contributed by atoms with E-state index in [0.29, 0.717) is 31.5 Å². The molecule has 3 aliphatic heterocycles. The highest BCUT2D eigenvalue weighted by Crippen LogP contribution is 2.32. The second-order valence-electron chi connectivity index (χ2n) is 9.17. The molecule has 2 saturated heterocycles. The Hall–Kier alpha value is -3.35. The van der Waals surface area contributed by atoms with Gasteiger partial charge in [-0.3, -0.25) is 34.2 Å². The number of fused-ring (bicyclic) bond motifs is 1. The average molecular weight is 501 g/mol. The fourth-order valence-electron chi connectivity index (χ4n) is 4.64. The van der Waals surface area contributed by atoms with Crippen LogP contribution in [0, 0.1) is 0 Å². The number of rotatable bonds is 10. The molecule has 0 radical (unpaired) electrons. The zero-order valence-electron chi connectivity index (χ0n) is 20.1. The molecule has 0 aromatic heterocycles. The van der Waals surface area contributed by atoms with E-state index in [4.69, 9.17) is 10.5 Å². The van der Waals surface area contributed by atoms with Crippen LogP contribution >= 0.6 is 0 Å². The molecule has 36 heavy (non-hydrogen) atoms. The third-order valence-electron chi connectivity index (χ3n) is 6.66. The van der Waals surface area contributed by atoms with Crippen LogP contribution in [0.1, 0.15) is 46.4 Å². The van der Waals surface area contributed by atoms with Gasteiger partial charge in [0.05, 0.1) is 30.9 Å². The smallest absolute Gasteiger partial charge is 0.264 e. The van der Waals surface area contributed by atoms with Gasteiger partial charge in [0.15, 0.2) is 0 Å². The second kappa shape index (κ2) is 11.6. The van der Waals surface area contributed by atoms with Crippen LogP contribution in [-0.2, 0) is 19.1 Å². The maximum Gasteiger partial charge on any atom is 0.264 e. The lowest BCUT2D eigenvalue weighted by atomic mass is 10.0. The lowest BCUT2D eigenvalue weighted by Gasteiger charge is -2.29. The van der Waals surface area contributed by atoms with Gasteiger partial charge in [-0.05, 0) is 44.5 Å². The van der Waals surface area contributed by atoms with Crippen molar-refractivity contribution in [2.75, 3.05) is 51.3 Å². The Morgan fingerprint density at radius 2 is 1.86 bits per heavy atom. The molecule has 0 spiro atoms. The monoisotopic (exact) mass is 500 g/mol. The number of ether oxygens (including phenoxy) is 1. The van der Waals surface area contributed by atoms with Crippen LogP contribution in [0.2, 0.25) is 0 Å². The van der Waals surface area contributed by atoms with E-state index in [1.165, 1.54) is 6.07 Å². The molecular weight excluding hydrogens is 468 g/mol. The average Bonchev–Trinajstić information content (AvgIpc) is 3.11. The number of nitrogens with zero attached hydrogens (tertiary/aromatic N) is 2. The fraction of sp³-hybridized carbons (Fsp3) is 0.542. The molecule has 1 aromatic carbocycles. The van der Waals surface area contributed by atoms with Gasteiger partial charge in [-0.1, -0.05) is 6.07 Å². The summed E-state index contributed by atoms with van der Waals surface area (Å²) in [5.74, 6) is -2.62. The summed E-state index contributed by atoms with van der Waals surface area (Å²) in [6, 6.07) is 3.95. The van der Waals surface area contributed by atoms with Crippen LogP contribution < -0.4 is 21.7 Å². The molecule has 0 saturated carbocycles. The Balaban J connectivity index is 1.22. The zero-order valence-corrected chi connectivity index (χ0v) is 20.1. The maximum absolute atomic E-state index is 13.1. The highest BCUT2D eigenvalue weighted by Gasteiger charge is 2.45. The standard InChI is InChI=1S/C24H32N6O6/c25-15-6-9-29(10-7-15)11-13-36-12-8-26-20(32)14-27-17-3-1-2-16-21(17)24(35)30(23(16)34)18-4-5-19(31)28-22(18)33/h1-3,15,18,27H,4-14,25H2,(H,26,32)(H,28,31,33). The summed E-state index contributed by atoms with van der Waals surface area (Å²) in [5, 5.41) is 7.83. The highest BCUT2D eigenvalue weighted by molar-refractivity contribution is 6.25. The van der Waals surface area contributed by atoms with Crippen molar-refractivity contribution in [2.24, 2.45) is 5.73 Å². The third-order valence-corrected chi connectivity index (χ3v) is 6.66. The minimum atomic E-state index is -1.04. The SMILES string of the molecule is NC1CCN(CCOCCNC(=O)CNc2cccc3c2C(=O)N(C2CCC(=O)NC2=O)C3=O)CC1. The Kier molecular flexibility index (Phi) is 8.28. The Bertz CT molecular complexity index is 1040. The summed E-state index contributed by atoms with van der Waals surface area (Å²) < 4.78 is 5.60. The predicted octanol–water partition coefficient (Wildman–Crippen LogP) is -0.944. The number of carbonyl (C=O) groups is 5. The number of hydrogen-bond donors (Lipinski definition) is 4. The summed E-state index contributed by atoms with van der Waals surface area (Å²) in [5.41, 5.74) is 6.50. The van der Waals surface area contributed by atoms with Crippen molar-refractivity contribution in [1.29, 1.82) is 0 Å². The molecule has 3 heterocycles. The van der Waals surface area contributed by atoms with Gasteiger partial charge in [-0.25, -0.2) is 0 Å². The van der Waals surface area contributed by atoms with E-state index in [9.17, 15) is 24.0 Å². The van der Waals surface area contributed by atoms with Crippen LogP contribution in [0.5, 0.6) is 0 Å². The first-order valence-electron chi connectivity index (χ1n) is 12.3. The lowest BCUT2D eigenvalue weighted by molar-refractivity contribution is -0.136. The van der Waals surface area contributed by atoms with Crippen molar-refractivity contribution in [3.63, 3.8) is 0 Å². The summed E-state index contributed by atoms with van der Waals surface area (Å²) in [4.78, 5) is 65.1. The number of likely N-dealkylation sites (tertiary alicyclic amines) is 1. The molecule has 5 N–H and O–H groups in total. The van der Waals surface area contributed by atoms with Gasteiger partial charge in [0.1, 0.15) is 6.04 Å². The minimum Gasteiger partial charge on any atom is -0.378 e. The van der Waals surface area contributed by atoms with Crippen LogP contribution in [0.25, 0.3) is 0 Å². The van der Waals surface area contributed by atoms with Crippen molar-refractivity contribution in [2.45, 2.75) is 37.8 Å². The largest absolute Gasteiger partial charge is 0.378 e. The minimum absolute atomic E-state index is 0.0474. The van der Waals surface area contributed by atoms with Gasteiger partial charge in [0.25, 0.3) is 11.8 Å². The number of imide groups is 2. The molecule has 194 valence electrons. The van der Waals surface area contributed by atoms with Gasteiger partial charge in [-0.2, -0.15) is 0 Å². The molecule has 5 amide bonds. The van der Waals surface area contributed by atoms with Crippen molar-refractivity contribution < 1.29 is 28.7 Å². The van der Waals surface area contributed by atoms with Gasteiger partial charge in [0.2, 0.25) is 17.7 Å². The molecular formula is C24H32N6O6. The van der Waals surface area contributed by atoms with Gasteiger partial charge < -0.3 is 26.0 Å². The van der Waals surface area contributed by atoms with E-state index in [2.05, 4.69) is 20.9 Å². The Morgan fingerprint density at radius 3 is 2.61 bits per heavy atom. The fourth-order valence-corrected chi connectivity index (χ4v) is 4.64. The van der Waals surface area contributed by atoms with Gasteiger partial charge in [0, 0.05) is 31.2 Å². The number of anilines is 1. The Labute approximate surface area is 208 Å². The van der Waals surface area contributed by atoms with Crippen LogP contribution in [0.3, 0.4) is 0 Å². The first kappa shape index (κ1) is 25.7. The number of carbonyl (C=O) groups excluding carboxylic acids is 5. The molecule has 12 heteroatoms. The molecule has 1 aromatic rings. The number of nitrogens with two attached hydrogens (primary N) is 1. The van der Waals surface area contributed by atoms with E-state index in [1.54, 1.807) is 12.1 Å². The van der Waals surface area contributed by atoms with E-state index < -0.39 is 29.7 Å². The van der Waals surface area contributed by atoms with Crippen LogP contribution in [-0.4, -0.2) is 97.4 Å². The number of amides is 5. The second-order valence-corrected chi connectivity index (χ2v) is 9.17. The van der Waals surface area contributed by atoms with Crippen molar-refractivity contribution in [3.05, 3.63) is 29.3 Å². The number of benzene rings is 1. The topological polar surface area (TPSA) is 163 Å². The molecule has 1 unspecified atom stereocenters. The van der Waals surface area contributed by atoms with Gasteiger partial charge >= 0.3 is 0 Å². The number of nitrogens with one attached hydrogen (secondary N) is 3. The molecule has 0 bridgehead atoms. The quantitative estimate of drug-likeness (QED) is 0.234. The normalized spacial score (nSPS) is 20.9. The summed E-state index contributed by atoms with van der Waals surface area (Å²) in [6.07, 6.45) is 2.13. The molecule has 3 aliphatic rings. The first-order valence-corrected chi connectivity index (χ1v) is 12.3. The lowest BCUT2D eigenvalue weighted by Crippen LogP contribution is -2.54. The molecule has 0 aliphatic carbocycles. The highest BCUT2D eigenvalue weighted by atomic mass is 16.5. The first-order chi connectivity index (χ1) is 17.3. The maximum atomic E-state index is 13.1. The summed E-state index contributed by atoms with van der Waals surface area (Å²) in [7, 11) is 0. The molecule has 12 nitrogen and oxygen atoms in total. The van der Waals surface area contributed by atoms with Crippen molar-refractivity contribution in [3.8, 4) is 0 Å². The summed E-state index contributed by atoms with van der Waals surface area (Å²) >= 11 is 0. The van der Waals surface area contributed by atoms with Crippen LogP contribution in [0.15, 0.2) is 18.2 Å². The number of piperidine rings is 2. The van der Waals surface area contributed by atoms with Crippen molar-refractivity contribution in [1.82, 2.24) is 20.4 Å². The molecule has 1 atom stereocenters. The van der Waals surface area contributed by atoms with Crippen LogP contribution in [0.4, 0.5) is 5.69 Å². The predicted molar refractivity (Wildman–Crippen MR) is 129 cm³/mol. The molecule has 4 rings (SSSR count). The van der Waals surface area contributed by atoms with E-state index in [1.807, 2.05) is 0 Å². The van der Waals surface area contributed by atoms with E-state index in [-0.39, 0.29) is 36.4 Å². The van der Waals surface area contributed by atoms with E-state index in [0.717, 1.165) is 37.4 Å². The molecule has 2 fully saturated rings. The van der Waals surface area contributed by atoms with Crippen molar-refractivity contribution >= 4 is 35.2 Å². The third kappa shape index (κ3) is 5.89. The summed E-state index contributed by atoms with van der Waals surface area (Å²) in [6.45, 7) is 4.01. The van der Waals surface area contributed by atoms with E-state index >= 15 is 0 Å². The number of hydrogen-bond acceptors (Lipinski definition) is 9.